The molecule has 0 radical (unpaired) electrons. The van der Waals surface area contributed by atoms with E-state index in [2.05, 4.69) is 5.32 Å². The molecule has 0 saturated carbocycles. The average Bonchev–Trinajstić information content (AvgIpc) is 2.37. The number of nitrogens with one attached hydrogen (secondary N) is 1. The summed E-state index contributed by atoms with van der Waals surface area (Å²) in [6, 6.07) is 5.51. The van der Waals surface area contributed by atoms with Crippen molar-refractivity contribution in [2.24, 2.45) is 0 Å². The van der Waals surface area contributed by atoms with Gasteiger partial charge in [-0.2, -0.15) is 0 Å². The summed E-state index contributed by atoms with van der Waals surface area (Å²) in [5.74, 6) is -0.0536. The molecule has 0 saturated heterocycles. The van der Waals surface area contributed by atoms with Crippen LogP contribution in [0.1, 0.15) is 31.1 Å². The van der Waals surface area contributed by atoms with Crippen LogP contribution in [0.25, 0.3) is 0 Å². The molecule has 0 fully saturated rings. The second-order valence-electron chi connectivity index (χ2n) is 4.06. The third kappa shape index (κ3) is 4.76. The Morgan fingerprint density at radius 2 is 2.21 bits per heavy atom. The molecule has 1 rings (SSSR count). The second kappa shape index (κ2) is 8.07. The summed E-state index contributed by atoms with van der Waals surface area (Å²) >= 11 is 1.54. The highest BCUT2D eigenvalue weighted by Crippen LogP contribution is 2.28. The number of thioether (sulfide) groups is 1. The standard InChI is InChI=1S/C14H21NO3S/c1-4-18-10(3)9-15-11-7-6-8-12(19-5-2)13(11)14(16)17/h6-8,10,15H,4-5,9H2,1-3H3,(H,16,17). The number of benzene rings is 1. The Balaban J connectivity index is 2.87. The van der Waals surface area contributed by atoms with Crippen LogP contribution in [-0.4, -0.2) is 36.1 Å². The fraction of sp³-hybridized carbons (Fsp3) is 0.500. The van der Waals surface area contributed by atoms with E-state index in [0.717, 1.165) is 10.6 Å². The first-order valence-electron chi connectivity index (χ1n) is 6.44. The summed E-state index contributed by atoms with van der Waals surface area (Å²) in [7, 11) is 0. The Morgan fingerprint density at radius 1 is 1.47 bits per heavy atom. The van der Waals surface area contributed by atoms with Crippen molar-refractivity contribution in [1.82, 2.24) is 0 Å². The number of rotatable bonds is 8. The Labute approximate surface area is 118 Å². The first kappa shape index (κ1) is 15.9. The summed E-state index contributed by atoms with van der Waals surface area (Å²) in [4.78, 5) is 12.2. The Hall–Kier alpha value is -1.20. The molecule has 1 unspecified atom stereocenters. The maximum Gasteiger partial charge on any atom is 0.338 e. The van der Waals surface area contributed by atoms with Crippen LogP contribution in [0.15, 0.2) is 23.1 Å². The summed E-state index contributed by atoms with van der Waals surface area (Å²) < 4.78 is 5.43. The highest BCUT2D eigenvalue weighted by Gasteiger charge is 2.15. The third-order valence-electron chi connectivity index (χ3n) is 2.57. The molecule has 1 aromatic carbocycles. The van der Waals surface area contributed by atoms with Crippen LogP contribution in [0.3, 0.4) is 0 Å². The number of aromatic carboxylic acids is 1. The van der Waals surface area contributed by atoms with Crippen molar-refractivity contribution in [3.05, 3.63) is 23.8 Å². The fourth-order valence-electron chi connectivity index (χ4n) is 1.77. The maximum atomic E-state index is 11.4. The molecule has 0 heterocycles. The monoisotopic (exact) mass is 283 g/mol. The van der Waals surface area contributed by atoms with Crippen molar-refractivity contribution in [3.63, 3.8) is 0 Å². The van der Waals surface area contributed by atoms with Crippen LogP contribution >= 0.6 is 11.8 Å². The summed E-state index contributed by atoms with van der Waals surface area (Å²) in [5, 5.41) is 12.5. The van der Waals surface area contributed by atoms with Gasteiger partial charge in [0.05, 0.1) is 11.7 Å². The van der Waals surface area contributed by atoms with E-state index in [9.17, 15) is 9.90 Å². The number of carboxylic acids is 1. The molecule has 0 aromatic heterocycles. The van der Waals surface area contributed by atoms with Gasteiger partial charge in [-0.3, -0.25) is 0 Å². The summed E-state index contributed by atoms with van der Waals surface area (Å²) in [6.07, 6.45) is 0.0501. The molecular weight excluding hydrogens is 262 g/mol. The maximum absolute atomic E-state index is 11.4. The molecule has 0 aliphatic rings. The van der Waals surface area contributed by atoms with Gasteiger partial charge in [0, 0.05) is 23.7 Å². The SMILES string of the molecule is CCOC(C)CNc1cccc(SCC)c1C(=O)O. The topological polar surface area (TPSA) is 58.6 Å². The van der Waals surface area contributed by atoms with Crippen molar-refractivity contribution in [2.75, 3.05) is 24.2 Å². The zero-order valence-corrected chi connectivity index (χ0v) is 12.4. The van der Waals surface area contributed by atoms with E-state index in [1.165, 1.54) is 11.8 Å². The minimum Gasteiger partial charge on any atom is -0.478 e. The molecule has 1 atom stereocenters. The molecule has 19 heavy (non-hydrogen) atoms. The first-order chi connectivity index (χ1) is 9.10. The van der Waals surface area contributed by atoms with E-state index in [-0.39, 0.29) is 6.10 Å². The number of hydrogen-bond acceptors (Lipinski definition) is 4. The van der Waals surface area contributed by atoms with Gasteiger partial charge >= 0.3 is 5.97 Å². The molecule has 0 aliphatic heterocycles. The fourth-order valence-corrected chi connectivity index (χ4v) is 2.60. The van der Waals surface area contributed by atoms with Crippen molar-refractivity contribution in [2.45, 2.75) is 31.8 Å². The molecule has 2 N–H and O–H groups in total. The lowest BCUT2D eigenvalue weighted by Gasteiger charge is -2.16. The highest BCUT2D eigenvalue weighted by atomic mass is 32.2. The molecule has 0 amide bonds. The van der Waals surface area contributed by atoms with Gasteiger partial charge < -0.3 is 15.2 Å². The predicted octanol–water partition coefficient (Wildman–Crippen LogP) is 3.33. The third-order valence-corrected chi connectivity index (χ3v) is 3.51. The molecule has 4 nitrogen and oxygen atoms in total. The number of ether oxygens (including phenoxy) is 1. The molecule has 1 aromatic rings. The second-order valence-corrected chi connectivity index (χ2v) is 5.37. The Kier molecular flexibility index (Phi) is 6.73. The number of hydrogen-bond donors (Lipinski definition) is 2. The summed E-state index contributed by atoms with van der Waals surface area (Å²) in [5.41, 5.74) is 0.996. The van der Waals surface area contributed by atoms with Crippen LogP contribution in [0.4, 0.5) is 5.69 Å². The minimum atomic E-state index is -0.900. The van der Waals surface area contributed by atoms with E-state index < -0.39 is 5.97 Å². The summed E-state index contributed by atoms with van der Waals surface area (Å²) in [6.45, 7) is 7.15. The van der Waals surface area contributed by atoms with Crippen molar-refractivity contribution in [3.8, 4) is 0 Å². The van der Waals surface area contributed by atoms with Crippen LogP contribution in [0.5, 0.6) is 0 Å². The van der Waals surface area contributed by atoms with E-state index in [1.54, 1.807) is 6.07 Å². The minimum absolute atomic E-state index is 0.0501. The van der Waals surface area contributed by atoms with E-state index in [4.69, 9.17) is 4.74 Å². The van der Waals surface area contributed by atoms with E-state index in [0.29, 0.717) is 24.4 Å². The lowest BCUT2D eigenvalue weighted by molar-refractivity contribution is 0.0693. The van der Waals surface area contributed by atoms with Gasteiger partial charge in [0.1, 0.15) is 0 Å². The van der Waals surface area contributed by atoms with Gasteiger partial charge in [0.25, 0.3) is 0 Å². The zero-order chi connectivity index (χ0) is 14.3. The first-order valence-corrected chi connectivity index (χ1v) is 7.43. The quantitative estimate of drug-likeness (QED) is 0.717. The predicted molar refractivity (Wildman–Crippen MR) is 79.4 cm³/mol. The van der Waals surface area contributed by atoms with E-state index in [1.807, 2.05) is 32.9 Å². The Morgan fingerprint density at radius 3 is 2.79 bits per heavy atom. The van der Waals surface area contributed by atoms with Crippen molar-refractivity contribution >= 4 is 23.4 Å². The number of carboxylic acid groups (broad SMARTS) is 1. The highest BCUT2D eigenvalue weighted by molar-refractivity contribution is 7.99. The molecule has 5 heteroatoms. The van der Waals surface area contributed by atoms with E-state index >= 15 is 0 Å². The lowest BCUT2D eigenvalue weighted by Crippen LogP contribution is -2.21. The average molecular weight is 283 g/mol. The van der Waals surface area contributed by atoms with Gasteiger partial charge in [-0.25, -0.2) is 4.79 Å². The molecular formula is C14H21NO3S. The molecule has 0 bridgehead atoms. The van der Waals surface area contributed by atoms with Crippen LogP contribution in [0.2, 0.25) is 0 Å². The zero-order valence-electron chi connectivity index (χ0n) is 11.6. The van der Waals surface area contributed by atoms with Crippen molar-refractivity contribution < 1.29 is 14.6 Å². The molecule has 106 valence electrons. The number of anilines is 1. The van der Waals surface area contributed by atoms with Gasteiger partial charge in [-0.05, 0) is 31.7 Å². The molecule has 0 spiro atoms. The molecule has 0 aliphatic carbocycles. The normalized spacial score (nSPS) is 12.2. The van der Waals surface area contributed by atoms with Gasteiger partial charge in [-0.1, -0.05) is 13.0 Å². The van der Waals surface area contributed by atoms with Gasteiger partial charge in [0.2, 0.25) is 0 Å². The smallest absolute Gasteiger partial charge is 0.338 e. The van der Waals surface area contributed by atoms with Crippen LogP contribution in [0, 0.1) is 0 Å². The van der Waals surface area contributed by atoms with Crippen LogP contribution in [-0.2, 0) is 4.74 Å². The van der Waals surface area contributed by atoms with Crippen molar-refractivity contribution in [1.29, 1.82) is 0 Å². The Bertz CT molecular complexity index is 423. The largest absolute Gasteiger partial charge is 0.478 e. The lowest BCUT2D eigenvalue weighted by atomic mass is 10.1. The van der Waals surface area contributed by atoms with Gasteiger partial charge in [-0.15, -0.1) is 11.8 Å². The van der Waals surface area contributed by atoms with Crippen LogP contribution < -0.4 is 5.32 Å². The number of carbonyl (C=O) groups is 1. The van der Waals surface area contributed by atoms with Gasteiger partial charge in [0.15, 0.2) is 0 Å².